The van der Waals surface area contributed by atoms with Gasteiger partial charge in [-0.2, -0.15) is 0 Å². The van der Waals surface area contributed by atoms with Crippen LogP contribution < -0.4 is 10.6 Å². The Bertz CT molecular complexity index is 846. The normalized spacial score (nSPS) is 12.4. The standard InChI is InChI=1S/C13H8N2O2S/c16-15(17)10-5-6-13-12(7-10)11-4-2-1-3-9(11)8-18-14-13/h1-8H. The zero-order valence-corrected chi connectivity index (χ0v) is 10.1. The molecule has 0 unspecified atom stereocenters. The second kappa shape index (κ2) is 4.27. The summed E-state index contributed by atoms with van der Waals surface area (Å²) >= 11 is 1.35. The molecule has 0 saturated carbocycles. The summed E-state index contributed by atoms with van der Waals surface area (Å²) in [7, 11) is 0. The molecule has 1 heterocycles. The van der Waals surface area contributed by atoms with Gasteiger partial charge in [0.1, 0.15) is 0 Å². The van der Waals surface area contributed by atoms with Crippen LogP contribution in [-0.2, 0) is 0 Å². The minimum atomic E-state index is -0.384. The van der Waals surface area contributed by atoms with E-state index in [-0.39, 0.29) is 10.6 Å². The van der Waals surface area contributed by atoms with Crippen molar-refractivity contribution in [3.05, 3.63) is 73.6 Å². The maximum absolute atomic E-state index is 10.8. The van der Waals surface area contributed by atoms with E-state index in [2.05, 4.69) is 4.40 Å². The van der Waals surface area contributed by atoms with Crippen LogP contribution in [0.4, 0.5) is 5.69 Å². The van der Waals surface area contributed by atoms with Gasteiger partial charge < -0.3 is 0 Å². The Kier molecular flexibility index (Phi) is 2.60. The van der Waals surface area contributed by atoms with Gasteiger partial charge in [-0.25, -0.2) is 4.40 Å². The fourth-order valence-electron chi connectivity index (χ4n) is 1.92. The van der Waals surface area contributed by atoms with Gasteiger partial charge in [-0.3, -0.25) is 10.1 Å². The zero-order valence-electron chi connectivity index (χ0n) is 9.24. The lowest BCUT2D eigenvalue weighted by Gasteiger charge is -1.92. The fraction of sp³-hybridized carbons (Fsp3) is 0. The molecule has 0 spiro atoms. The number of nitro benzene ring substituents is 1. The Hall–Kier alpha value is -2.14. The molecule has 18 heavy (non-hydrogen) atoms. The Morgan fingerprint density at radius 1 is 1.11 bits per heavy atom. The first-order valence-corrected chi connectivity index (χ1v) is 6.17. The number of nitro groups is 1. The lowest BCUT2D eigenvalue weighted by atomic mass is 10.1. The molecule has 0 aromatic heterocycles. The molecule has 1 aliphatic heterocycles. The van der Waals surface area contributed by atoms with Crippen LogP contribution in [0.3, 0.4) is 0 Å². The molecule has 0 amide bonds. The fourth-order valence-corrected chi connectivity index (χ4v) is 2.56. The van der Waals surface area contributed by atoms with E-state index >= 15 is 0 Å². The van der Waals surface area contributed by atoms with Crippen LogP contribution in [0.25, 0.3) is 5.41 Å². The second-order valence-electron chi connectivity index (χ2n) is 3.86. The van der Waals surface area contributed by atoms with E-state index < -0.39 is 0 Å². The summed E-state index contributed by atoms with van der Waals surface area (Å²) in [6.45, 7) is 0. The highest BCUT2D eigenvalue weighted by atomic mass is 32.2. The van der Waals surface area contributed by atoms with E-state index in [1.54, 1.807) is 12.1 Å². The Labute approximate surface area is 106 Å². The second-order valence-corrected chi connectivity index (χ2v) is 4.49. The van der Waals surface area contributed by atoms with Crippen LogP contribution in [0.1, 0.15) is 0 Å². The molecular weight excluding hydrogens is 248 g/mol. The van der Waals surface area contributed by atoms with Gasteiger partial charge in [0, 0.05) is 34.7 Å². The van der Waals surface area contributed by atoms with E-state index in [1.165, 1.54) is 18.0 Å². The largest absolute Gasteiger partial charge is 0.270 e. The number of benzene rings is 2. The summed E-state index contributed by atoms with van der Waals surface area (Å²) in [6, 6.07) is 12.6. The van der Waals surface area contributed by atoms with Crippen LogP contribution in [-0.4, -0.2) is 4.92 Å². The van der Waals surface area contributed by atoms with Crippen molar-refractivity contribution in [2.75, 3.05) is 0 Å². The average Bonchev–Trinajstić information content (AvgIpc) is 2.57. The van der Waals surface area contributed by atoms with E-state index in [1.807, 2.05) is 29.7 Å². The van der Waals surface area contributed by atoms with Crippen molar-refractivity contribution in [1.82, 2.24) is 0 Å². The molecule has 0 radical (unpaired) electrons. The first-order chi connectivity index (χ1) is 8.75. The maximum atomic E-state index is 10.8. The maximum Gasteiger partial charge on any atom is 0.270 e. The number of fused-ring (bicyclic) bond motifs is 2. The van der Waals surface area contributed by atoms with Crippen molar-refractivity contribution in [1.29, 1.82) is 0 Å². The highest BCUT2D eigenvalue weighted by molar-refractivity contribution is 8.05. The van der Waals surface area contributed by atoms with Crippen LogP contribution in [0.5, 0.6) is 0 Å². The van der Waals surface area contributed by atoms with E-state index in [0.717, 1.165) is 21.0 Å². The van der Waals surface area contributed by atoms with Crippen molar-refractivity contribution >= 4 is 23.0 Å². The summed E-state index contributed by atoms with van der Waals surface area (Å²) in [6.07, 6.45) is 0. The molecule has 2 aromatic carbocycles. The molecule has 2 aromatic rings. The number of non-ortho nitro benzene ring substituents is 1. The third-order valence-corrected chi connectivity index (χ3v) is 3.43. The highest BCUT2D eigenvalue weighted by Gasteiger charge is 2.05. The smallest absolute Gasteiger partial charge is 0.258 e. The molecule has 0 saturated heterocycles. The van der Waals surface area contributed by atoms with E-state index in [4.69, 9.17) is 0 Å². The average molecular weight is 256 g/mol. The molecular formula is C13H8N2O2S. The summed E-state index contributed by atoms with van der Waals surface area (Å²) in [5.74, 6) is 0. The molecule has 1 aliphatic rings. The molecule has 0 bridgehead atoms. The summed E-state index contributed by atoms with van der Waals surface area (Å²) in [5.41, 5.74) is 0.0886. The minimum absolute atomic E-state index is 0.0886. The van der Waals surface area contributed by atoms with Crippen LogP contribution >= 0.6 is 11.9 Å². The van der Waals surface area contributed by atoms with E-state index in [9.17, 15) is 10.1 Å². The molecule has 0 atom stereocenters. The predicted octanol–water partition coefficient (Wildman–Crippen LogP) is 1.90. The monoisotopic (exact) mass is 256 g/mol. The van der Waals surface area contributed by atoms with Gasteiger partial charge in [0.2, 0.25) is 0 Å². The zero-order chi connectivity index (χ0) is 12.5. The number of hydrogen-bond acceptors (Lipinski definition) is 4. The van der Waals surface area contributed by atoms with Gasteiger partial charge in [0.25, 0.3) is 5.69 Å². The van der Waals surface area contributed by atoms with Crippen molar-refractivity contribution in [3.63, 3.8) is 0 Å². The molecule has 88 valence electrons. The van der Waals surface area contributed by atoms with Crippen molar-refractivity contribution in [2.45, 2.75) is 0 Å². The minimum Gasteiger partial charge on any atom is -0.258 e. The molecule has 5 heteroatoms. The molecule has 0 aliphatic carbocycles. The van der Waals surface area contributed by atoms with Crippen molar-refractivity contribution in [3.8, 4) is 0 Å². The van der Waals surface area contributed by atoms with Gasteiger partial charge in [-0.15, -0.1) is 0 Å². The van der Waals surface area contributed by atoms with Gasteiger partial charge in [-0.05, 0) is 16.5 Å². The lowest BCUT2D eigenvalue weighted by molar-refractivity contribution is -0.384. The Balaban J connectivity index is 2.59. The molecule has 3 rings (SSSR count). The summed E-state index contributed by atoms with van der Waals surface area (Å²) in [4.78, 5) is 10.5. The van der Waals surface area contributed by atoms with Gasteiger partial charge in [0.05, 0.1) is 10.3 Å². The Morgan fingerprint density at radius 3 is 2.78 bits per heavy atom. The van der Waals surface area contributed by atoms with Crippen LogP contribution in [0.15, 0.2) is 46.9 Å². The quantitative estimate of drug-likeness (QED) is 0.445. The van der Waals surface area contributed by atoms with Crippen molar-refractivity contribution < 1.29 is 4.92 Å². The topological polar surface area (TPSA) is 55.5 Å². The van der Waals surface area contributed by atoms with Crippen LogP contribution in [0.2, 0.25) is 0 Å². The number of hydrogen-bond donors (Lipinski definition) is 0. The predicted molar refractivity (Wildman–Crippen MR) is 70.0 cm³/mol. The highest BCUT2D eigenvalue weighted by Crippen LogP contribution is 2.10. The Morgan fingerprint density at radius 2 is 1.94 bits per heavy atom. The number of nitrogens with zero attached hydrogens (tertiary/aromatic N) is 2. The molecule has 4 nitrogen and oxygen atoms in total. The third-order valence-electron chi connectivity index (χ3n) is 2.77. The first kappa shape index (κ1) is 11.0. The van der Waals surface area contributed by atoms with Crippen LogP contribution in [0, 0.1) is 20.6 Å². The van der Waals surface area contributed by atoms with Gasteiger partial charge in [-0.1, -0.05) is 24.3 Å². The van der Waals surface area contributed by atoms with Gasteiger partial charge >= 0.3 is 0 Å². The summed E-state index contributed by atoms with van der Waals surface area (Å²) < 4.78 is 4.34. The van der Waals surface area contributed by atoms with Gasteiger partial charge in [0.15, 0.2) is 0 Å². The molecule has 0 N–H and O–H groups in total. The first-order valence-electron chi connectivity index (χ1n) is 5.33. The summed E-state index contributed by atoms with van der Waals surface area (Å²) in [5, 5.41) is 16.4. The van der Waals surface area contributed by atoms with Crippen molar-refractivity contribution in [2.24, 2.45) is 4.40 Å². The molecule has 0 fully saturated rings. The number of rotatable bonds is 1. The SMILES string of the molecule is O=[N+]([O-])c1ccc2c(c1)=c1ccccc1=CSN=2. The third kappa shape index (κ3) is 1.78. The lowest BCUT2D eigenvalue weighted by Crippen LogP contribution is -2.07. The van der Waals surface area contributed by atoms with E-state index in [0.29, 0.717) is 0 Å².